The molecule has 0 unspecified atom stereocenters. The van der Waals surface area contributed by atoms with Crippen molar-refractivity contribution < 1.29 is 19.1 Å². The minimum absolute atomic E-state index is 0.0723. The normalized spacial score (nSPS) is 19.9. The molecule has 0 spiro atoms. The number of carbonyl (C=O) groups is 2. The molecule has 2 aromatic carbocycles. The smallest absolute Gasteiger partial charge is 0.233 e. The molecule has 2 amide bonds. The SMILES string of the molecule is C[C@H]1C(=O)N(C)C=Cc2cc(OCCOc3ccc4c(c3)C=CN(C)C(=O)[C@@H]4C)ccc21. The van der Waals surface area contributed by atoms with Crippen LogP contribution in [0.25, 0.3) is 12.2 Å². The monoisotopic (exact) mass is 432 g/mol. The van der Waals surface area contributed by atoms with Gasteiger partial charge in [-0.3, -0.25) is 9.59 Å². The van der Waals surface area contributed by atoms with Crippen molar-refractivity contribution in [3.05, 3.63) is 71.1 Å². The maximum Gasteiger partial charge on any atom is 0.233 e. The summed E-state index contributed by atoms with van der Waals surface area (Å²) in [6.07, 6.45) is 7.45. The summed E-state index contributed by atoms with van der Waals surface area (Å²) >= 11 is 0. The lowest BCUT2D eigenvalue weighted by molar-refractivity contribution is -0.129. The molecule has 0 aliphatic carbocycles. The summed E-state index contributed by atoms with van der Waals surface area (Å²) in [5.74, 6) is 1.24. The second-order valence-electron chi connectivity index (χ2n) is 8.25. The predicted octanol–water partition coefficient (Wildman–Crippen LogP) is 4.24. The van der Waals surface area contributed by atoms with Crippen LogP contribution in [0, 0.1) is 0 Å². The van der Waals surface area contributed by atoms with E-state index < -0.39 is 0 Å². The summed E-state index contributed by atoms with van der Waals surface area (Å²) in [5.41, 5.74) is 3.96. The molecule has 2 atom stereocenters. The fourth-order valence-corrected chi connectivity index (χ4v) is 4.09. The number of rotatable bonds is 5. The zero-order valence-corrected chi connectivity index (χ0v) is 18.9. The van der Waals surface area contributed by atoms with Gasteiger partial charge >= 0.3 is 0 Å². The molecule has 0 fully saturated rings. The fraction of sp³-hybridized carbons (Fsp3) is 0.308. The number of amides is 2. The predicted molar refractivity (Wildman–Crippen MR) is 124 cm³/mol. The summed E-state index contributed by atoms with van der Waals surface area (Å²) in [4.78, 5) is 27.8. The molecule has 32 heavy (non-hydrogen) atoms. The van der Waals surface area contributed by atoms with Crippen molar-refractivity contribution in [3.63, 3.8) is 0 Å². The minimum Gasteiger partial charge on any atom is -0.490 e. The van der Waals surface area contributed by atoms with E-state index >= 15 is 0 Å². The van der Waals surface area contributed by atoms with Gasteiger partial charge in [0.1, 0.15) is 24.7 Å². The molecule has 0 saturated heterocycles. The molecule has 2 heterocycles. The van der Waals surface area contributed by atoms with Crippen molar-refractivity contribution in [1.29, 1.82) is 0 Å². The highest BCUT2D eigenvalue weighted by atomic mass is 16.5. The van der Waals surface area contributed by atoms with E-state index in [1.54, 1.807) is 36.3 Å². The third-order valence-electron chi connectivity index (χ3n) is 6.06. The van der Waals surface area contributed by atoms with Crippen LogP contribution in [0.15, 0.2) is 48.8 Å². The standard InChI is InChI=1S/C26H28N2O4/c1-17-23-7-5-21(15-19(23)9-11-27(3)25(17)29)31-13-14-32-22-6-8-24-18(2)26(30)28(4)12-10-20(24)16-22/h5-12,15-18H,13-14H2,1-4H3/t17-,18-/m1/s1. The van der Waals surface area contributed by atoms with Crippen molar-refractivity contribution >= 4 is 24.0 Å². The average molecular weight is 433 g/mol. The highest BCUT2D eigenvalue weighted by Gasteiger charge is 2.24. The number of fused-ring (bicyclic) bond motifs is 2. The van der Waals surface area contributed by atoms with Gasteiger partial charge in [-0.05, 0) is 72.5 Å². The van der Waals surface area contributed by atoms with E-state index in [4.69, 9.17) is 9.47 Å². The van der Waals surface area contributed by atoms with Crippen LogP contribution in [0.1, 0.15) is 47.9 Å². The van der Waals surface area contributed by atoms with Gasteiger partial charge in [-0.1, -0.05) is 12.1 Å². The van der Waals surface area contributed by atoms with Gasteiger partial charge in [0.2, 0.25) is 11.8 Å². The first-order valence-corrected chi connectivity index (χ1v) is 10.8. The molecule has 0 saturated carbocycles. The van der Waals surface area contributed by atoms with E-state index in [2.05, 4.69) is 0 Å². The maximum atomic E-state index is 12.3. The van der Waals surface area contributed by atoms with E-state index in [0.29, 0.717) is 13.2 Å². The number of carbonyl (C=O) groups excluding carboxylic acids is 2. The Balaban J connectivity index is 1.37. The third kappa shape index (κ3) is 4.26. The third-order valence-corrected chi connectivity index (χ3v) is 6.06. The molecule has 6 heteroatoms. The van der Waals surface area contributed by atoms with Crippen LogP contribution in [0.4, 0.5) is 0 Å². The molecule has 0 bridgehead atoms. The number of likely N-dealkylation sites (N-methyl/N-ethyl adjacent to an activating group) is 2. The highest BCUT2D eigenvalue weighted by Crippen LogP contribution is 2.31. The van der Waals surface area contributed by atoms with Crippen LogP contribution in [-0.2, 0) is 9.59 Å². The summed E-state index contributed by atoms with van der Waals surface area (Å²) in [7, 11) is 3.54. The number of ether oxygens (including phenoxy) is 2. The van der Waals surface area contributed by atoms with Crippen LogP contribution in [0.2, 0.25) is 0 Å². The van der Waals surface area contributed by atoms with E-state index in [1.165, 1.54) is 0 Å². The molecule has 2 aliphatic rings. The molecule has 0 N–H and O–H groups in total. The van der Waals surface area contributed by atoms with Crippen molar-refractivity contribution in [1.82, 2.24) is 9.80 Å². The lowest BCUT2D eigenvalue weighted by atomic mass is 9.95. The Bertz CT molecular complexity index is 1020. The molecule has 0 radical (unpaired) electrons. The number of hydrogen-bond donors (Lipinski definition) is 0. The summed E-state index contributed by atoms with van der Waals surface area (Å²) < 4.78 is 11.8. The van der Waals surface area contributed by atoms with Crippen LogP contribution >= 0.6 is 0 Å². The van der Waals surface area contributed by atoms with E-state index in [-0.39, 0.29) is 23.7 Å². The largest absolute Gasteiger partial charge is 0.490 e. The maximum absolute atomic E-state index is 12.3. The molecule has 6 nitrogen and oxygen atoms in total. The van der Waals surface area contributed by atoms with Crippen LogP contribution in [0.5, 0.6) is 11.5 Å². The number of benzene rings is 2. The van der Waals surface area contributed by atoms with E-state index in [9.17, 15) is 9.59 Å². The van der Waals surface area contributed by atoms with E-state index in [0.717, 1.165) is 33.8 Å². The van der Waals surface area contributed by atoms with Gasteiger partial charge in [0.25, 0.3) is 0 Å². The van der Waals surface area contributed by atoms with Gasteiger partial charge in [0, 0.05) is 26.5 Å². The Morgan fingerprint density at radius 2 is 1.12 bits per heavy atom. The topological polar surface area (TPSA) is 59.1 Å². The molecule has 0 aromatic heterocycles. The van der Waals surface area contributed by atoms with Gasteiger partial charge in [0.15, 0.2) is 0 Å². The number of nitrogens with zero attached hydrogens (tertiary/aromatic N) is 2. The fourth-order valence-electron chi connectivity index (χ4n) is 4.09. The molecule has 2 aliphatic heterocycles. The zero-order valence-electron chi connectivity index (χ0n) is 18.9. The van der Waals surface area contributed by atoms with Crippen LogP contribution in [0.3, 0.4) is 0 Å². The second kappa shape index (κ2) is 8.91. The van der Waals surface area contributed by atoms with Gasteiger partial charge < -0.3 is 19.3 Å². The van der Waals surface area contributed by atoms with Gasteiger partial charge in [-0.15, -0.1) is 0 Å². The van der Waals surface area contributed by atoms with E-state index in [1.807, 2.05) is 62.4 Å². The number of hydrogen-bond acceptors (Lipinski definition) is 4. The second-order valence-corrected chi connectivity index (χ2v) is 8.25. The highest BCUT2D eigenvalue weighted by molar-refractivity contribution is 5.88. The quantitative estimate of drug-likeness (QED) is 0.664. The first kappa shape index (κ1) is 21.7. The Morgan fingerprint density at radius 3 is 1.53 bits per heavy atom. The van der Waals surface area contributed by atoms with Gasteiger partial charge in [-0.25, -0.2) is 0 Å². The first-order chi connectivity index (χ1) is 15.3. The minimum atomic E-state index is -0.192. The van der Waals surface area contributed by atoms with Crippen molar-refractivity contribution in [3.8, 4) is 11.5 Å². The first-order valence-electron chi connectivity index (χ1n) is 10.8. The molecule has 4 rings (SSSR count). The lowest BCUT2D eigenvalue weighted by Crippen LogP contribution is -2.24. The molecular weight excluding hydrogens is 404 g/mol. The Labute approximate surface area is 188 Å². The van der Waals surface area contributed by atoms with Crippen molar-refractivity contribution in [2.45, 2.75) is 25.7 Å². The average Bonchev–Trinajstić information content (AvgIpc) is 2.97. The van der Waals surface area contributed by atoms with Crippen LogP contribution < -0.4 is 9.47 Å². The Morgan fingerprint density at radius 1 is 0.719 bits per heavy atom. The lowest BCUT2D eigenvalue weighted by Gasteiger charge is -2.17. The molecular formula is C26H28N2O4. The molecule has 166 valence electrons. The summed E-state index contributed by atoms with van der Waals surface area (Å²) in [6.45, 7) is 4.62. The Kier molecular flexibility index (Phi) is 6.04. The summed E-state index contributed by atoms with van der Waals surface area (Å²) in [5, 5.41) is 0. The van der Waals surface area contributed by atoms with Gasteiger partial charge in [-0.2, -0.15) is 0 Å². The van der Waals surface area contributed by atoms with Crippen molar-refractivity contribution in [2.24, 2.45) is 0 Å². The molecule has 2 aromatic rings. The van der Waals surface area contributed by atoms with Gasteiger partial charge in [0.05, 0.1) is 11.8 Å². The van der Waals surface area contributed by atoms with Crippen LogP contribution in [-0.4, -0.2) is 48.9 Å². The Hall–Kier alpha value is -3.54. The summed E-state index contributed by atoms with van der Waals surface area (Å²) in [6, 6.07) is 11.6. The zero-order chi connectivity index (χ0) is 22.8. The van der Waals surface area contributed by atoms with Crippen molar-refractivity contribution in [2.75, 3.05) is 27.3 Å².